The molecule has 0 atom stereocenters. The Hall–Kier alpha value is -0.560. The van der Waals surface area contributed by atoms with Gasteiger partial charge < -0.3 is 5.11 Å². The van der Waals surface area contributed by atoms with Crippen LogP contribution in [0.4, 0.5) is 0 Å². The van der Waals surface area contributed by atoms with Gasteiger partial charge >= 0.3 is 0 Å². The molecule has 1 heteroatoms. The highest BCUT2D eigenvalue weighted by Gasteiger charge is 1.87. The molecule has 0 aliphatic rings. The van der Waals surface area contributed by atoms with Gasteiger partial charge in [-0.15, -0.1) is 0 Å². The van der Waals surface area contributed by atoms with Gasteiger partial charge in [0.1, 0.15) is 0 Å². The Morgan fingerprint density at radius 1 is 0.647 bits per heavy atom. The topological polar surface area (TPSA) is 20.2 Å². The molecule has 0 aromatic rings. The van der Waals surface area contributed by atoms with E-state index in [9.17, 15) is 0 Å². The highest BCUT2D eigenvalue weighted by molar-refractivity contribution is 4.87. The fraction of sp³-hybridized carbons (Fsp3) is 0.750. The van der Waals surface area contributed by atoms with Crippen LogP contribution in [0.25, 0.3) is 0 Å². The first-order valence-corrected chi connectivity index (χ1v) is 7.32. The normalized spacial score (nSPS) is 11.9. The van der Waals surface area contributed by atoms with Crippen molar-refractivity contribution >= 4 is 0 Å². The van der Waals surface area contributed by atoms with Crippen LogP contribution in [0.15, 0.2) is 24.3 Å². The van der Waals surface area contributed by atoms with Gasteiger partial charge in [-0.1, -0.05) is 63.3 Å². The Morgan fingerprint density at radius 2 is 1.18 bits per heavy atom. The second-order valence-corrected chi connectivity index (χ2v) is 4.59. The van der Waals surface area contributed by atoms with Crippen LogP contribution < -0.4 is 0 Å². The monoisotopic (exact) mass is 238 g/mol. The molecule has 1 nitrogen and oxygen atoms in total. The largest absolute Gasteiger partial charge is 0.396 e. The molecular formula is C16H30O. The first kappa shape index (κ1) is 16.4. The van der Waals surface area contributed by atoms with E-state index in [2.05, 4.69) is 31.2 Å². The summed E-state index contributed by atoms with van der Waals surface area (Å²) in [5.74, 6) is 0. The predicted octanol–water partition coefficient (Wildman–Crippen LogP) is 5.01. The van der Waals surface area contributed by atoms with Gasteiger partial charge in [0.25, 0.3) is 0 Å². The fourth-order valence-corrected chi connectivity index (χ4v) is 1.78. The van der Waals surface area contributed by atoms with Crippen molar-refractivity contribution in [1.29, 1.82) is 0 Å². The first-order valence-electron chi connectivity index (χ1n) is 7.32. The molecule has 17 heavy (non-hydrogen) atoms. The van der Waals surface area contributed by atoms with Crippen LogP contribution in [-0.4, -0.2) is 11.7 Å². The Morgan fingerprint density at radius 3 is 1.82 bits per heavy atom. The van der Waals surface area contributed by atoms with E-state index in [4.69, 9.17) is 5.11 Å². The quantitative estimate of drug-likeness (QED) is 0.374. The van der Waals surface area contributed by atoms with Crippen LogP contribution in [0.3, 0.4) is 0 Å². The average Bonchev–Trinajstić information content (AvgIpc) is 2.35. The van der Waals surface area contributed by atoms with Crippen molar-refractivity contribution in [3.8, 4) is 0 Å². The van der Waals surface area contributed by atoms with Gasteiger partial charge in [0.2, 0.25) is 0 Å². The van der Waals surface area contributed by atoms with Gasteiger partial charge in [0, 0.05) is 6.61 Å². The van der Waals surface area contributed by atoms with Gasteiger partial charge in [-0.25, -0.2) is 0 Å². The van der Waals surface area contributed by atoms with E-state index in [1.165, 1.54) is 44.9 Å². The molecular weight excluding hydrogens is 208 g/mol. The lowest BCUT2D eigenvalue weighted by molar-refractivity contribution is 0.302. The first-order chi connectivity index (χ1) is 8.41. The minimum Gasteiger partial charge on any atom is -0.396 e. The minimum atomic E-state index is 0.268. The van der Waals surface area contributed by atoms with E-state index in [1.807, 2.05) is 0 Å². The molecule has 100 valence electrons. The third-order valence-corrected chi connectivity index (χ3v) is 2.85. The molecule has 0 aromatic heterocycles. The van der Waals surface area contributed by atoms with Crippen molar-refractivity contribution in [2.24, 2.45) is 0 Å². The van der Waals surface area contributed by atoms with Gasteiger partial charge in [0.05, 0.1) is 0 Å². The highest BCUT2D eigenvalue weighted by atomic mass is 16.2. The van der Waals surface area contributed by atoms with Crippen LogP contribution in [-0.2, 0) is 0 Å². The van der Waals surface area contributed by atoms with Crippen LogP contribution in [0.2, 0.25) is 0 Å². The van der Waals surface area contributed by atoms with Crippen LogP contribution in [0, 0.1) is 0 Å². The SMILES string of the molecule is CCCCCCCC/C=C\CC/C=C\CCO. The number of rotatable bonds is 12. The predicted molar refractivity (Wildman–Crippen MR) is 77.2 cm³/mol. The maximum absolute atomic E-state index is 8.58. The van der Waals surface area contributed by atoms with Crippen LogP contribution in [0.1, 0.15) is 71.1 Å². The molecule has 0 radical (unpaired) electrons. The Bertz CT molecular complexity index is 182. The molecule has 0 spiro atoms. The van der Waals surface area contributed by atoms with Crippen molar-refractivity contribution in [3.05, 3.63) is 24.3 Å². The van der Waals surface area contributed by atoms with Gasteiger partial charge in [0.15, 0.2) is 0 Å². The molecule has 0 rings (SSSR count). The molecule has 0 saturated heterocycles. The Labute approximate surface area is 108 Å². The van der Waals surface area contributed by atoms with Crippen molar-refractivity contribution in [2.75, 3.05) is 6.61 Å². The number of aliphatic hydroxyl groups is 1. The molecule has 1 N–H and O–H groups in total. The van der Waals surface area contributed by atoms with E-state index < -0.39 is 0 Å². The third-order valence-electron chi connectivity index (χ3n) is 2.85. The number of aliphatic hydroxyl groups excluding tert-OH is 1. The summed E-state index contributed by atoms with van der Waals surface area (Å²) in [4.78, 5) is 0. The smallest absolute Gasteiger partial charge is 0.0465 e. The lowest BCUT2D eigenvalue weighted by atomic mass is 10.1. The second-order valence-electron chi connectivity index (χ2n) is 4.59. The van der Waals surface area contributed by atoms with E-state index in [0.29, 0.717) is 0 Å². The summed E-state index contributed by atoms with van der Waals surface area (Å²) in [5.41, 5.74) is 0. The molecule has 0 saturated carbocycles. The molecule has 0 unspecified atom stereocenters. The third kappa shape index (κ3) is 15.4. The van der Waals surface area contributed by atoms with Crippen LogP contribution >= 0.6 is 0 Å². The summed E-state index contributed by atoms with van der Waals surface area (Å²) in [6, 6.07) is 0. The molecule has 0 heterocycles. The molecule has 0 fully saturated rings. The lowest BCUT2D eigenvalue weighted by Crippen LogP contribution is -1.77. The molecule has 0 aromatic carbocycles. The number of hydrogen-bond acceptors (Lipinski definition) is 1. The maximum atomic E-state index is 8.58. The number of hydrogen-bond donors (Lipinski definition) is 1. The Kier molecular flexibility index (Phi) is 14.9. The maximum Gasteiger partial charge on any atom is 0.0465 e. The summed E-state index contributed by atoms with van der Waals surface area (Å²) < 4.78 is 0. The van der Waals surface area contributed by atoms with E-state index in [0.717, 1.165) is 19.3 Å². The molecule has 0 bridgehead atoms. The Balaban J connectivity index is 3.09. The highest BCUT2D eigenvalue weighted by Crippen LogP contribution is 2.07. The summed E-state index contributed by atoms with van der Waals surface area (Å²) in [6.45, 7) is 2.53. The molecule has 0 aliphatic heterocycles. The molecule has 0 amide bonds. The van der Waals surface area contributed by atoms with Crippen molar-refractivity contribution in [3.63, 3.8) is 0 Å². The zero-order chi connectivity index (χ0) is 12.6. The van der Waals surface area contributed by atoms with Crippen LogP contribution in [0.5, 0.6) is 0 Å². The van der Waals surface area contributed by atoms with E-state index in [-0.39, 0.29) is 6.61 Å². The van der Waals surface area contributed by atoms with Gasteiger partial charge in [-0.3, -0.25) is 0 Å². The summed E-state index contributed by atoms with van der Waals surface area (Å²) in [7, 11) is 0. The second kappa shape index (κ2) is 15.4. The van der Waals surface area contributed by atoms with Crippen molar-refractivity contribution in [2.45, 2.75) is 71.1 Å². The zero-order valence-corrected chi connectivity index (χ0v) is 11.5. The standard InChI is InChI=1S/C16H30O/c1-2-3-4-5-6-7-8-9-10-11-12-13-14-15-16-17/h9-10,13-14,17H,2-8,11-12,15-16H2,1H3/b10-9-,14-13-. The number of unbranched alkanes of at least 4 members (excludes halogenated alkanes) is 7. The number of allylic oxidation sites excluding steroid dienone is 3. The summed E-state index contributed by atoms with van der Waals surface area (Å²) in [5, 5.41) is 8.58. The fourth-order valence-electron chi connectivity index (χ4n) is 1.78. The lowest BCUT2D eigenvalue weighted by Gasteiger charge is -1.97. The average molecular weight is 238 g/mol. The summed E-state index contributed by atoms with van der Waals surface area (Å²) >= 11 is 0. The van der Waals surface area contributed by atoms with Crippen molar-refractivity contribution < 1.29 is 5.11 Å². The van der Waals surface area contributed by atoms with Gasteiger partial charge in [-0.05, 0) is 32.1 Å². The zero-order valence-electron chi connectivity index (χ0n) is 11.5. The van der Waals surface area contributed by atoms with E-state index >= 15 is 0 Å². The molecule has 0 aliphatic carbocycles. The van der Waals surface area contributed by atoms with E-state index in [1.54, 1.807) is 0 Å². The van der Waals surface area contributed by atoms with Crippen molar-refractivity contribution in [1.82, 2.24) is 0 Å². The minimum absolute atomic E-state index is 0.268. The summed E-state index contributed by atoms with van der Waals surface area (Å²) in [6.07, 6.45) is 21.4. The van der Waals surface area contributed by atoms with Gasteiger partial charge in [-0.2, -0.15) is 0 Å².